The molecule has 0 saturated carbocycles. The van der Waals surface area contributed by atoms with E-state index in [1.165, 1.54) is 334 Å². The normalized spacial score (nSPS) is 11.1. The Kier molecular flexibility index (Phi) is 71.6. The minimum atomic E-state index is 0. The van der Waals surface area contributed by atoms with Gasteiger partial charge < -0.3 is 59.5 Å². The van der Waals surface area contributed by atoms with E-state index in [0.29, 0.717) is 8.64 Å². The molecule has 7 heteroatoms. The summed E-state index contributed by atoms with van der Waals surface area (Å²) in [7, 11) is 0. The van der Waals surface area contributed by atoms with E-state index >= 15 is 0 Å². The van der Waals surface area contributed by atoms with Crippen LogP contribution in [0.2, 0.25) is 0 Å². The molecule has 69 heavy (non-hydrogen) atoms. The summed E-state index contributed by atoms with van der Waals surface area (Å²) in [6.07, 6.45) is 73.1. The van der Waals surface area contributed by atoms with Crippen LogP contribution in [0.4, 0.5) is 0 Å². The van der Waals surface area contributed by atoms with Crippen LogP contribution in [0.3, 0.4) is 0 Å². The molecule has 0 aromatic rings. The van der Waals surface area contributed by atoms with Gasteiger partial charge in [0.25, 0.3) is 0 Å². The molecule has 0 heterocycles. The second-order valence-corrected chi connectivity index (χ2v) is 23.5. The summed E-state index contributed by atoms with van der Waals surface area (Å²) in [5.74, 6) is 0. The molecule has 0 aliphatic carbocycles. The fourth-order valence-electron chi connectivity index (χ4n) is 9.87. The maximum absolute atomic E-state index is 5.34. The summed E-state index contributed by atoms with van der Waals surface area (Å²) in [5.41, 5.74) is 0. The molecule has 0 fully saturated rings. The van der Waals surface area contributed by atoms with Crippen molar-refractivity contribution >= 4 is 58.3 Å². The topological polar surface area (TPSA) is 6.48 Å². The molecule has 0 amide bonds. The van der Waals surface area contributed by atoms with Crippen LogP contribution in [0.25, 0.3) is 0 Å². The Hall–Kier alpha value is 0.739. The van der Waals surface area contributed by atoms with E-state index in [1.54, 1.807) is 0 Å². The van der Waals surface area contributed by atoms with Crippen molar-refractivity contribution in [2.24, 2.45) is 0 Å². The fourth-order valence-corrected chi connectivity index (χ4v) is 10.6. The van der Waals surface area contributed by atoms with Gasteiger partial charge in [-0.2, -0.15) is 0 Å². The number of thiocarbonyl (C=S) groups is 2. The van der Waals surface area contributed by atoms with Gasteiger partial charge in [0.05, 0.1) is 0 Å². The zero-order valence-corrected chi connectivity index (χ0v) is 51.6. The molecule has 0 aromatic heterocycles. The van der Waals surface area contributed by atoms with Crippen LogP contribution in [0.15, 0.2) is 0 Å². The van der Waals surface area contributed by atoms with Gasteiger partial charge in [0.15, 0.2) is 0 Å². The predicted octanol–water partition coefficient (Wildman–Crippen LogP) is 22.6. The Morgan fingerprint density at radius 1 is 0.217 bits per heavy atom. The molecular weight excluding hydrogens is 965 g/mol. The Labute approximate surface area is 469 Å². The number of hydrogen-bond donors (Lipinski definition) is 0. The van der Waals surface area contributed by atoms with Crippen molar-refractivity contribution in [3.05, 3.63) is 0 Å². The zero-order valence-electron chi connectivity index (χ0n) is 47.4. The average molecular weight is 1090 g/mol. The predicted molar refractivity (Wildman–Crippen MR) is 326 cm³/mol. The fraction of sp³-hybridized carbons (Fsp3) is 0.968. The minimum absolute atomic E-state index is 0. The molecule has 0 atom stereocenters. The molecule has 0 aliphatic rings. The monoisotopic (exact) mass is 1090 g/mol. The van der Waals surface area contributed by atoms with E-state index in [1.807, 2.05) is 0 Å². The second kappa shape index (κ2) is 66.8. The summed E-state index contributed by atoms with van der Waals surface area (Å²) >= 11 is 21.4. The van der Waals surface area contributed by atoms with Crippen LogP contribution in [-0.4, -0.2) is 44.6 Å². The molecule has 2 nitrogen and oxygen atoms in total. The molecule has 0 aliphatic heterocycles. The van der Waals surface area contributed by atoms with E-state index in [0.717, 1.165) is 26.2 Å². The van der Waals surface area contributed by atoms with Crippen molar-refractivity contribution < 1.29 is 17.1 Å². The molecule has 0 unspecified atom stereocenters. The van der Waals surface area contributed by atoms with Crippen molar-refractivity contribution in [2.45, 2.75) is 362 Å². The van der Waals surface area contributed by atoms with Gasteiger partial charge in [-0.15, -0.1) is 0 Å². The van der Waals surface area contributed by atoms with E-state index in [-0.39, 0.29) is 17.1 Å². The maximum Gasteiger partial charge on any atom is 2.00 e. The van der Waals surface area contributed by atoms with Crippen LogP contribution in [0.1, 0.15) is 362 Å². The molecule has 1 radical (unpaired) electrons. The van der Waals surface area contributed by atoms with Gasteiger partial charge in [0.2, 0.25) is 0 Å². The molecule has 0 spiro atoms. The van der Waals surface area contributed by atoms with Gasteiger partial charge in [0.1, 0.15) is 0 Å². The van der Waals surface area contributed by atoms with Gasteiger partial charge in [-0.1, -0.05) is 345 Å². The SMILES string of the molecule is CCCCCCCCCCCCCCCN(CCCCCCCCCCCCCCC)C(=S)[S-].CCCCCCCCCCCCCCCN(CCCCCCCCCCCCCCC)C(=S)[S-].[Cu+2]. The van der Waals surface area contributed by atoms with Crippen molar-refractivity contribution in [3.8, 4) is 0 Å². The first-order valence-electron chi connectivity index (χ1n) is 31.4. The molecule has 417 valence electrons. The molecule has 0 N–H and O–H groups in total. The smallest absolute Gasteiger partial charge is 0.411 e. The van der Waals surface area contributed by atoms with Gasteiger partial charge in [-0.05, 0) is 25.7 Å². The summed E-state index contributed by atoms with van der Waals surface area (Å²) < 4.78 is 1.38. The first-order valence-corrected chi connectivity index (χ1v) is 33.0. The van der Waals surface area contributed by atoms with Crippen LogP contribution in [-0.2, 0) is 42.3 Å². The van der Waals surface area contributed by atoms with E-state index < -0.39 is 0 Å². The van der Waals surface area contributed by atoms with Gasteiger partial charge >= 0.3 is 17.1 Å². The van der Waals surface area contributed by atoms with Gasteiger partial charge in [-0.3, -0.25) is 0 Å². The Morgan fingerprint density at radius 2 is 0.319 bits per heavy atom. The van der Waals surface area contributed by atoms with Crippen LogP contribution in [0, 0.1) is 0 Å². The largest absolute Gasteiger partial charge is 2.00 e. The number of hydrogen-bond acceptors (Lipinski definition) is 4. The van der Waals surface area contributed by atoms with E-state index in [4.69, 9.17) is 49.7 Å². The molecular formula is C62H124CuN2S4. The average Bonchev–Trinajstić information content (AvgIpc) is 3.33. The first kappa shape index (κ1) is 74.0. The Morgan fingerprint density at radius 3 is 0.420 bits per heavy atom. The first-order chi connectivity index (χ1) is 33.4. The zero-order chi connectivity index (χ0) is 49.9. The molecule has 0 saturated heterocycles. The van der Waals surface area contributed by atoms with Crippen LogP contribution < -0.4 is 0 Å². The summed E-state index contributed by atoms with van der Waals surface area (Å²) in [6, 6.07) is 0. The third-order valence-corrected chi connectivity index (χ3v) is 15.7. The van der Waals surface area contributed by atoms with E-state index in [2.05, 4.69) is 37.5 Å². The number of nitrogens with zero attached hydrogens (tertiary/aromatic N) is 2. The second-order valence-electron chi connectivity index (χ2n) is 21.5. The maximum atomic E-state index is 5.34. The summed E-state index contributed by atoms with van der Waals surface area (Å²) in [6.45, 7) is 13.5. The number of unbranched alkanes of at least 4 members (excludes halogenated alkanes) is 48. The summed E-state index contributed by atoms with van der Waals surface area (Å²) in [5, 5.41) is 0. The van der Waals surface area contributed by atoms with Crippen LogP contribution >= 0.6 is 24.4 Å². The van der Waals surface area contributed by atoms with Crippen molar-refractivity contribution in [3.63, 3.8) is 0 Å². The molecule has 0 aromatic carbocycles. The van der Waals surface area contributed by atoms with Crippen molar-refractivity contribution in [2.75, 3.05) is 26.2 Å². The standard InChI is InChI=1S/2C31H63NS2.Cu/c2*1-3-5-7-9-11-13-15-17-19-21-23-25-27-29-32(31(33)34)30-28-26-24-22-20-18-16-14-12-10-8-6-4-2;/h2*3-30H2,1-2H3,(H,33,34);/q;;+2/p-2. The van der Waals surface area contributed by atoms with Gasteiger partial charge in [0, 0.05) is 26.2 Å². The van der Waals surface area contributed by atoms with Crippen molar-refractivity contribution in [1.82, 2.24) is 9.80 Å². The van der Waals surface area contributed by atoms with Crippen molar-refractivity contribution in [1.29, 1.82) is 0 Å². The Bertz CT molecular complexity index is 819. The van der Waals surface area contributed by atoms with E-state index in [9.17, 15) is 0 Å². The third-order valence-electron chi connectivity index (χ3n) is 14.6. The molecule has 0 rings (SSSR count). The quantitative estimate of drug-likeness (QED) is 0.0257. The molecule has 0 bridgehead atoms. The number of rotatable bonds is 56. The minimum Gasteiger partial charge on any atom is -0.411 e. The summed E-state index contributed by atoms with van der Waals surface area (Å²) in [4.78, 5) is 4.59. The third kappa shape index (κ3) is 64.8. The van der Waals surface area contributed by atoms with Gasteiger partial charge in [-0.25, -0.2) is 0 Å². The Balaban J connectivity index is -0.00000124. The van der Waals surface area contributed by atoms with Crippen LogP contribution in [0.5, 0.6) is 0 Å².